The number of carbonyl (C=O) groups is 1. The van der Waals surface area contributed by atoms with E-state index in [9.17, 15) is 9.18 Å². The summed E-state index contributed by atoms with van der Waals surface area (Å²) in [5, 5.41) is 3.89. The minimum Gasteiger partial charge on any atom is -0.494 e. The molecule has 2 heterocycles. The van der Waals surface area contributed by atoms with Crippen molar-refractivity contribution in [3.8, 4) is 5.75 Å². The van der Waals surface area contributed by atoms with Crippen LogP contribution in [0.1, 0.15) is 36.5 Å². The van der Waals surface area contributed by atoms with Crippen molar-refractivity contribution in [2.24, 2.45) is 0 Å². The van der Waals surface area contributed by atoms with E-state index in [0.29, 0.717) is 24.2 Å². The van der Waals surface area contributed by atoms with E-state index in [2.05, 4.69) is 27.0 Å². The largest absolute Gasteiger partial charge is 0.494 e. The van der Waals surface area contributed by atoms with Gasteiger partial charge in [-0.15, -0.1) is 0 Å². The number of aromatic nitrogens is 1. The first kappa shape index (κ1) is 23.4. The molecule has 0 aliphatic carbocycles. The number of hydrogen-bond donors (Lipinski definition) is 1. The molecule has 0 atom stereocenters. The molecule has 8 heteroatoms. The molecule has 2 aromatic carbocycles. The van der Waals surface area contributed by atoms with Crippen LogP contribution in [0.15, 0.2) is 42.5 Å². The lowest BCUT2D eigenvalue weighted by atomic mass is 10.2. The molecule has 1 aromatic heterocycles. The van der Waals surface area contributed by atoms with Crippen molar-refractivity contribution in [2.45, 2.75) is 26.2 Å². The van der Waals surface area contributed by atoms with Gasteiger partial charge >= 0.3 is 0 Å². The zero-order valence-corrected chi connectivity index (χ0v) is 19.9. The van der Waals surface area contributed by atoms with E-state index in [-0.39, 0.29) is 11.7 Å². The number of benzene rings is 2. The number of carbonyl (C=O) groups excluding carboxylic acids is 1. The van der Waals surface area contributed by atoms with E-state index in [1.165, 1.54) is 17.4 Å². The Morgan fingerprint density at radius 3 is 2.76 bits per heavy atom. The maximum atomic E-state index is 13.9. The molecule has 6 nitrogen and oxygen atoms in total. The summed E-state index contributed by atoms with van der Waals surface area (Å²) in [6, 6.07) is 12.5. The number of nitrogens with zero attached hydrogens (tertiary/aromatic N) is 3. The highest BCUT2D eigenvalue weighted by Crippen LogP contribution is 2.30. The number of nitrogens with one attached hydrogen (secondary N) is 1. The molecule has 1 saturated heterocycles. The predicted molar refractivity (Wildman–Crippen MR) is 132 cm³/mol. The Morgan fingerprint density at radius 2 is 1.97 bits per heavy atom. The highest BCUT2D eigenvalue weighted by atomic mass is 32.1. The molecule has 33 heavy (non-hydrogen) atoms. The van der Waals surface area contributed by atoms with Crippen LogP contribution in [0.4, 0.5) is 9.52 Å². The van der Waals surface area contributed by atoms with Crippen LogP contribution >= 0.6 is 11.3 Å². The Balaban J connectivity index is 1.20. The van der Waals surface area contributed by atoms with Gasteiger partial charge in [-0.25, -0.2) is 9.37 Å². The van der Waals surface area contributed by atoms with Gasteiger partial charge in [0.05, 0.1) is 11.3 Å². The average Bonchev–Trinajstić information content (AvgIpc) is 3.28. The number of rotatable bonds is 10. The van der Waals surface area contributed by atoms with Gasteiger partial charge in [0.2, 0.25) is 0 Å². The van der Waals surface area contributed by atoms with Crippen LogP contribution < -0.4 is 15.0 Å². The molecule has 0 bridgehead atoms. The van der Waals surface area contributed by atoms with Crippen molar-refractivity contribution in [1.82, 2.24) is 15.2 Å². The van der Waals surface area contributed by atoms with Crippen LogP contribution in [0.25, 0.3) is 10.2 Å². The highest BCUT2D eigenvalue weighted by Gasteiger charge is 2.20. The lowest BCUT2D eigenvalue weighted by Gasteiger charge is -2.34. The Bertz CT molecular complexity index is 1070. The van der Waals surface area contributed by atoms with Gasteiger partial charge in [-0.2, -0.15) is 0 Å². The van der Waals surface area contributed by atoms with Crippen molar-refractivity contribution in [3.05, 3.63) is 53.8 Å². The SMILES string of the molecule is CCCCCOc1cccc(C(=O)NCCN2CCN(c3nc4c(F)cccc4s3)CC2)c1. The zero-order valence-electron chi connectivity index (χ0n) is 19.1. The molecule has 1 fully saturated rings. The van der Waals surface area contributed by atoms with E-state index in [0.717, 1.165) is 67.6 Å². The number of para-hydroxylation sites is 1. The molecule has 4 rings (SSSR count). The van der Waals surface area contributed by atoms with Gasteiger partial charge < -0.3 is 15.0 Å². The second-order valence-electron chi connectivity index (χ2n) is 8.25. The number of fused-ring (bicyclic) bond motifs is 1. The van der Waals surface area contributed by atoms with Crippen molar-refractivity contribution in [1.29, 1.82) is 0 Å². The third kappa shape index (κ3) is 6.21. The summed E-state index contributed by atoms with van der Waals surface area (Å²) in [4.78, 5) is 21.6. The number of anilines is 1. The maximum Gasteiger partial charge on any atom is 0.251 e. The number of halogens is 1. The molecule has 176 valence electrons. The van der Waals surface area contributed by atoms with Crippen molar-refractivity contribution < 1.29 is 13.9 Å². The van der Waals surface area contributed by atoms with Gasteiger partial charge in [-0.05, 0) is 36.8 Å². The summed E-state index contributed by atoms with van der Waals surface area (Å²) < 4.78 is 20.6. The molecule has 0 unspecified atom stereocenters. The van der Waals surface area contributed by atoms with Gasteiger partial charge in [0.25, 0.3) is 5.91 Å². The molecule has 0 spiro atoms. The Hall–Kier alpha value is -2.71. The normalized spacial score (nSPS) is 14.5. The lowest BCUT2D eigenvalue weighted by Crippen LogP contribution is -2.48. The minimum atomic E-state index is -0.266. The van der Waals surface area contributed by atoms with E-state index in [1.807, 2.05) is 24.3 Å². The number of amides is 1. The number of ether oxygens (including phenoxy) is 1. The molecule has 3 aromatic rings. The summed E-state index contributed by atoms with van der Waals surface area (Å²) in [5.41, 5.74) is 1.08. The molecule has 1 aliphatic rings. The Labute approximate surface area is 198 Å². The van der Waals surface area contributed by atoms with E-state index in [4.69, 9.17) is 4.74 Å². The standard InChI is InChI=1S/C25H31FN4O2S/c1-2-3-4-17-32-20-8-5-7-19(18-20)24(31)27-11-12-29-13-15-30(16-14-29)25-28-23-21(26)9-6-10-22(23)33-25/h5-10,18H,2-4,11-17H2,1H3,(H,27,31). The summed E-state index contributed by atoms with van der Waals surface area (Å²) in [6.07, 6.45) is 3.33. The van der Waals surface area contributed by atoms with Gasteiger partial charge in [-0.1, -0.05) is 43.2 Å². The molecular weight excluding hydrogens is 439 g/mol. The fourth-order valence-electron chi connectivity index (χ4n) is 3.90. The van der Waals surface area contributed by atoms with Crippen molar-refractivity contribution >= 4 is 32.6 Å². The van der Waals surface area contributed by atoms with Crippen molar-refractivity contribution in [2.75, 3.05) is 50.8 Å². The highest BCUT2D eigenvalue weighted by molar-refractivity contribution is 7.22. The number of thiazole rings is 1. The average molecular weight is 471 g/mol. The van der Waals surface area contributed by atoms with E-state index < -0.39 is 0 Å². The second kappa shape index (κ2) is 11.4. The molecule has 0 saturated carbocycles. The van der Waals surface area contributed by atoms with E-state index >= 15 is 0 Å². The number of hydrogen-bond acceptors (Lipinski definition) is 6. The van der Waals surface area contributed by atoms with Crippen LogP contribution in [0.5, 0.6) is 5.75 Å². The first-order chi connectivity index (χ1) is 16.1. The molecular formula is C25H31FN4O2S. The number of unbranched alkanes of at least 4 members (excludes halogenated alkanes) is 2. The minimum absolute atomic E-state index is 0.0795. The predicted octanol–water partition coefficient (Wildman–Crippen LogP) is 4.56. The molecule has 1 aliphatic heterocycles. The maximum absolute atomic E-state index is 13.9. The lowest BCUT2D eigenvalue weighted by molar-refractivity contribution is 0.0947. The monoisotopic (exact) mass is 470 g/mol. The molecule has 1 amide bonds. The summed E-state index contributed by atoms with van der Waals surface area (Å²) in [5.74, 6) is 0.395. The molecule has 1 N–H and O–H groups in total. The summed E-state index contributed by atoms with van der Waals surface area (Å²) >= 11 is 1.54. The van der Waals surface area contributed by atoms with Crippen molar-refractivity contribution in [3.63, 3.8) is 0 Å². The topological polar surface area (TPSA) is 57.7 Å². The van der Waals surface area contributed by atoms with Gasteiger partial charge in [0.1, 0.15) is 17.1 Å². The van der Waals surface area contributed by atoms with Crippen LogP contribution in [0.2, 0.25) is 0 Å². The van der Waals surface area contributed by atoms with Crippen LogP contribution in [-0.2, 0) is 0 Å². The Morgan fingerprint density at radius 1 is 1.15 bits per heavy atom. The second-order valence-corrected chi connectivity index (χ2v) is 9.26. The summed E-state index contributed by atoms with van der Waals surface area (Å²) in [7, 11) is 0. The van der Waals surface area contributed by atoms with Gasteiger partial charge in [0.15, 0.2) is 5.13 Å². The van der Waals surface area contributed by atoms with Crippen LogP contribution in [0.3, 0.4) is 0 Å². The number of piperazine rings is 1. The molecule has 0 radical (unpaired) electrons. The van der Waals surface area contributed by atoms with Crippen LogP contribution in [0, 0.1) is 5.82 Å². The fourth-order valence-corrected chi connectivity index (χ4v) is 4.93. The zero-order chi connectivity index (χ0) is 23.0. The third-order valence-corrected chi connectivity index (χ3v) is 6.91. The third-order valence-electron chi connectivity index (χ3n) is 5.83. The summed E-state index contributed by atoms with van der Waals surface area (Å²) in [6.45, 7) is 7.67. The van der Waals surface area contributed by atoms with Gasteiger partial charge in [0, 0.05) is 44.8 Å². The Kier molecular flexibility index (Phi) is 8.12. The first-order valence-corrected chi connectivity index (χ1v) is 12.5. The van der Waals surface area contributed by atoms with Gasteiger partial charge in [-0.3, -0.25) is 9.69 Å². The smallest absolute Gasteiger partial charge is 0.251 e. The van der Waals surface area contributed by atoms with E-state index in [1.54, 1.807) is 12.1 Å². The quantitative estimate of drug-likeness (QED) is 0.441. The fraction of sp³-hybridized carbons (Fsp3) is 0.440. The van der Waals surface area contributed by atoms with Crippen LogP contribution in [-0.4, -0.2) is 61.7 Å². The first-order valence-electron chi connectivity index (χ1n) is 11.7.